The van der Waals surface area contributed by atoms with Crippen LogP contribution in [0.1, 0.15) is 29.3 Å². The van der Waals surface area contributed by atoms with Crippen molar-refractivity contribution < 1.29 is 9.53 Å². The molecule has 5 heteroatoms. The highest BCUT2D eigenvalue weighted by Crippen LogP contribution is 2.23. The number of aryl methyl sites for hydroxylation is 1. The number of aromatic nitrogens is 1. The Kier molecular flexibility index (Phi) is 4.77. The van der Waals surface area contributed by atoms with Crippen LogP contribution in [-0.4, -0.2) is 17.5 Å². The summed E-state index contributed by atoms with van der Waals surface area (Å²) in [5.74, 6) is 0.859. The first-order valence-electron chi connectivity index (χ1n) is 6.86. The Hall–Kier alpha value is -2.56. The van der Waals surface area contributed by atoms with Crippen LogP contribution in [0.5, 0.6) is 5.75 Å². The minimum atomic E-state index is -0.250. The van der Waals surface area contributed by atoms with E-state index in [9.17, 15) is 4.79 Å². The fraction of sp³-hybridized carbons (Fsp3) is 0.250. The number of benzene rings is 1. The van der Waals surface area contributed by atoms with Crippen molar-refractivity contribution in [1.82, 2.24) is 4.98 Å². The summed E-state index contributed by atoms with van der Waals surface area (Å²) in [5.41, 5.74) is 7.85. The number of ether oxygens (including phenoxy) is 1. The average Bonchev–Trinajstić information content (AvgIpc) is 2.48. The Morgan fingerprint density at radius 1 is 1.33 bits per heavy atom. The van der Waals surface area contributed by atoms with Crippen molar-refractivity contribution in [2.24, 2.45) is 0 Å². The van der Waals surface area contributed by atoms with Crippen LogP contribution in [0.15, 0.2) is 36.5 Å². The number of nitrogens with two attached hydrogens (primary N) is 1. The minimum absolute atomic E-state index is 0.250. The number of anilines is 2. The highest BCUT2D eigenvalue weighted by molar-refractivity contribution is 6.04. The zero-order chi connectivity index (χ0) is 15.2. The van der Waals surface area contributed by atoms with Crippen LogP contribution in [0.2, 0.25) is 0 Å². The number of amides is 1. The van der Waals surface area contributed by atoms with Crippen LogP contribution >= 0.6 is 0 Å². The molecule has 0 bridgehead atoms. The van der Waals surface area contributed by atoms with Gasteiger partial charge in [0.1, 0.15) is 11.6 Å². The highest BCUT2D eigenvalue weighted by atomic mass is 16.5. The quantitative estimate of drug-likeness (QED) is 0.828. The number of hydrogen-bond acceptors (Lipinski definition) is 4. The van der Waals surface area contributed by atoms with E-state index in [4.69, 9.17) is 10.5 Å². The lowest BCUT2D eigenvalue weighted by molar-refractivity contribution is 0.102. The first-order chi connectivity index (χ1) is 10.1. The molecule has 0 fully saturated rings. The summed E-state index contributed by atoms with van der Waals surface area (Å²) in [5, 5.41) is 2.73. The molecule has 0 unspecified atom stereocenters. The number of nitrogen functional groups attached to an aromatic ring is 1. The van der Waals surface area contributed by atoms with E-state index in [-0.39, 0.29) is 5.91 Å². The van der Waals surface area contributed by atoms with Gasteiger partial charge in [-0.05, 0) is 43.2 Å². The van der Waals surface area contributed by atoms with Crippen LogP contribution in [0.4, 0.5) is 11.5 Å². The Balaban J connectivity index is 2.08. The minimum Gasteiger partial charge on any atom is -0.491 e. The lowest BCUT2D eigenvalue weighted by Crippen LogP contribution is -2.13. The van der Waals surface area contributed by atoms with Gasteiger partial charge in [-0.3, -0.25) is 4.79 Å². The lowest BCUT2D eigenvalue weighted by Gasteiger charge is -2.10. The topological polar surface area (TPSA) is 77.2 Å². The van der Waals surface area contributed by atoms with E-state index in [0.29, 0.717) is 29.4 Å². The van der Waals surface area contributed by atoms with Gasteiger partial charge in [-0.15, -0.1) is 0 Å². The van der Waals surface area contributed by atoms with Crippen molar-refractivity contribution in [2.75, 3.05) is 17.7 Å². The van der Waals surface area contributed by atoms with Crippen molar-refractivity contribution in [3.63, 3.8) is 0 Å². The van der Waals surface area contributed by atoms with Gasteiger partial charge in [0, 0.05) is 11.8 Å². The molecule has 110 valence electrons. The van der Waals surface area contributed by atoms with E-state index in [1.807, 2.05) is 19.9 Å². The predicted octanol–water partition coefficient (Wildman–Crippen LogP) is 3.01. The summed E-state index contributed by atoms with van der Waals surface area (Å²) in [7, 11) is 0. The van der Waals surface area contributed by atoms with Gasteiger partial charge in [0.05, 0.1) is 12.3 Å². The molecule has 0 spiro atoms. The molecule has 1 aromatic carbocycles. The number of nitrogens with zero attached hydrogens (tertiary/aromatic N) is 1. The molecule has 0 aliphatic rings. The van der Waals surface area contributed by atoms with E-state index in [1.165, 1.54) is 0 Å². The van der Waals surface area contributed by atoms with Crippen LogP contribution in [0, 0.1) is 6.92 Å². The number of pyridine rings is 1. The van der Waals surface area contributed by atoms with Gasteiger partial charge in [-0.2, -0.15) is 0 Å². The number of rotatable bonds is 5. The molecule has 1 aromatic heterocycles. The average molecular weight is 285 g/mol. The molecule has 1 amide bonds. The number of nitrogens with one attached hydrogen (secondary N) is 1. The first-order valence-corrected chi connectivity index (χ1v) is 6.86. The summed E-state index contributed by atoms with van der Waals surface area (Å²) in [6, 6.07) is 8.65. The second kappa shape index (κ2) is 6.74. The molecule has 2 aromatic rings. The molecule has 0 radical (unpaired) electrons. The van der Waals surface area contributed by atoms with E-state index in [1.54, 1.807) is 30.5 Å². The Bertz CT molecular complexity index is 624. The molecular formula is C16H19N3O2. The maximum Gasteiger partial charge on any atom is 0.256 e. The van der Waals surface area contributed by atoms with Crippen LogP contribution in [0.3, 0.4) is 0 Å². The monoisotopic (exact) mass is 285 g/mol. The van der Waals surface area contributed by atoms with Gasteiger partial charge in [-0.1, -0.05) is 13.0 Å². The molecule has 0 saturated heterocycles. The second-order valence-corrected chi connectivity index (χ2v) is 4.78. The molecule has 0 saturated carbocycles. The van der Waals surface area contributed by atoms with Gasteiger partial charge >= 0.3 is 0 Å². The van der Waals surface area contributed by atoms with Gasteiger partial charge in [0.25, 0.3) is 5.91 Å². The third kappa shape index (κ3) is 3.95. The van der Waals surface area contributed by atoms with Gasteiger partial charge in [0.15, 0.2) is 0 Å². The van der Waals surface area contributed by atoms with Crippen molar-refractivity contribution >= 4 is 17.4 Å². The van der Waals surface area contributed by atoms with Gasteiger partial charge in [0.2, 0.25) is 0 Å². The Morgan fingerprint density at radius 3 is 2.76 bits per heavy atom. The maximum absolute atomic E-state index is 12.1. The van der Waals surface area contributed by atoms with Crippen LogP contribution < -0.4 is 15.8 Å². The van der Waals surface area contributed by atoms with Crippen molar-refractivity contribution in [3.8, 4) is 5.75 Å². The molecule has 0 aliphatic heterocycles. The molecule has 5 nitrogen and oxygen atoms in total. The third-order valence-corrected chi connectivity index (χ3v) is 2.89. The number of hydrogen-bond donors (Lipinski definition) is 2. The predicted molar refractivity (Wildman–Crippen MR) is 83.6 cm³/mol. The van der Waals surface area contributed by atoms with Crippen LogP contribution in [-0.2, 0) is 0 Å². The largest absolute Gasteiger partial charge is 0.491 e. The molecule has 0 aliphatic carbocycles. The summed E-state index contributed by atoms with van der Waals surface area (Å²) in [6.07, 6.45) is 2.60. The first kappa shape index (κ1) is 14.8. The Labute approximate surface area is 124 Å². The normalized spacial score (nSPS) is 10.2. The number of carbonyl (C=O) groups is 1. The van der Waals surface area contributed by atoms with Crippen LogP contribution in [0.25, 0.3) is 0 Å². The smallest absolute Gasteiger partial charge is 0.256 e. The molecule has 2 rings (SSSR count). The third-order valence-electron chi connectivity index (χ3n) is 2.89. The SMILES string of the molecule is CCCOc1ccc(C(=O)Nc2ccc(C)cn2)cc1N. The zero-order valence-corrected chi connectivity index (χ0v) is 12.2. The van der Waals surface area contributed by atoms with Crippen molar-refractivity contribution in [1.29, 1.82) is 0 Å². The number of carbonyl (C=O) groups excluding carboxylic acids is 1. The van der Waals surface area contributed by atoms with Gasteiger partial charge < -0.3 is 15.8 Å². The van der Waals surface area contributed by atoms with E-state index in [0.717, 1.165) is 12.0 Å². The Morgan fingerprint density at radius 2 is 2.14 bits per heavy atom. The summed E-state index contributed by atoms with van der Waals surface area (Å²) in [6.45, 7) is 4.56. The molecule has 1 heterocycles. The van der Waals surface area contributed by atoms with Crippen molar-refractivity contribution in [2.45, 2.75) is 20.3 Å². The molecule has 3 N–H and O–H groups in total. The van der Waals surface area contributed by atoms with E-state index >= 15 is 0 Å². The van der Waals surface area contributed by atoms with E-state index in [2.05, 4.69) is 10.3 Å². The maximum atomic E-state index is 12.1. The summed E-state index contributed by atoms with van der Waals surface area (Å²) >= 11 is 0. The summed E-state index contributed by atoms with van der Waals surface area (Å²) in [4.78, 5) is 16.3. The molecule has 0 atom stereocenters. The highest BCUT2D eigenvalue weighted by Gasteiger charge is 2.09. The zero-order valence-electron chi connectivity index (χ0n) is 12.2. The standard InChI is InChI=1S/C16H19N3O2/c1-3-8-21-14-6-5-12(9-13(14)17)16(20)19-15-7-4-11(2)10-18-15/h4-7,9-10H,3,8,17H2,1-2H3,(H,18,19,20). The second-order valence-electron chi connectivity index (χ2n) is 4.78. The van der Waals surface area contributed by atoms with E-state index < -0.39 is 0 Å². The molecular weight excluding hydrogens is 266 g/mol. The van der Waals surface area contributed by atoms with Gasteiger partial charge in [-0.25, -0.2) is 4.98 Å². The fourth-order valence-corrected chi connectivity index (χ4v) is 1.76. The fourth-order valence-electron chi connectivity index (χ4n) is 1.76. The van der Waals surface area contributed by atoms with Crippen molar-refractivity contribution in [3.05, 3.63) is 47.7 Å². The summed E-state index contributed by atoms with van der Waals surface area (Å²) < 4.78 is 5.48. The lowest BCUT2D eigenvalue weighted by atomic mass is 10.1. The molecule has 21 heavy (non-hydrogen) atoms.